The molecule has 0 saturated carbocycles. The first-order valence-corrected chi connectivity index (χ1v) is 9.89. The van der Waals surface area contributed by atoms with Crippen molar-refractivity contribution in [1.29, 1.82) is 0 Å². The van der Waals surface area contributed by atoms with Gasteiger partial charge in [0.1, 0.15) is 0 Å². The van der Waals surface area contributed by atoms with Gasteiger partial charge in [0.05, 0.1) is 10.9 Å². The molecular formula is C23H31S+. The average Bonchev–Trinajstić information content (AvgIpc) is 2.69. The third-order valence-electron chi connectivity index (χ3n) is 2.87. The largest absolute Gasteiger partial charge is 0.166 e. The van der Waals surface area contributed by atoms with Crippen LogP contribution in [0.1, 0.15) is 34.6 Å². The third kappa shape index (κ3) is 7.06. The molecule has 2 aromatic carbocycles. The first-order valence-electron chi connectivity index (χ1n) is 8.66. The fourth-order valence-corrected chi connectivity index (χ4v) is 4.09. The molecule has 0 heterocycles. The normalized spacial score (nSPS) is 10.5. The van der Waals surface area contributed by atoms with Crippen molar-refractivity contribution < 1.29 is 0 Å². The van der Waals surface area contributed by atoms with E-state index in [2.05, 4.69) is 86.3 Å². The Morgan fingerprint density at radius 2 is 1.21 bits per heavy atom. The highest BCUT2D eigenvalue weighted by Gasteiger charge is 2.28. The van der Waals surface area contributed by atoms with E-state index in [-0.39, 0.29) is 10.9 Å². The lowest BCUT2D eigenvalue weighted by Gasteiger charge is -2.08. The van der Waals surface area contributed by atoms with Gasteiger partial charge in [0, 0.05) is 0 Å². The third-order valence-corrected chi connectivity index (χ3v) is 5.20. The van der Waals surface area contributed by atoms with Gasteiger partial charge in [-0.3, -0.25) is 0 Å². The molecule has 0 aliphatic carbocycles. The van der Waals surface area contributed by atoms with E-state index in [0.717, 1.165) is 0 Å². The predicted octanol–water partition coefficient (Wildman–Crippen LogP) is 7.42. The molecule has 0 aromatic heterocycles. The zero-order valence-electron chi connectivity index (χ0n) is 15.7. The quantitative estimate of drug-likeness (QED) is 0.392. The molecule has 2 aromatic rings. The van der Waals surface area contributed by atoms with Crippen molar-refractivity contribution in [2.24, 2.45) is 0 Å². The number of hydrogen-bond acceptors (Lipinski definition) is 0. The van der Waals surface area contributed by atoms with Gasteiger partial charge in [0.25, 0.3) is 0 Å². The molecule has 0 fully saturated rings. The maximum Gasteiger partial charge on any atom is 0.166 e. The standard InChI is InChI=1S/C19H19S.2C2H6/c1-3-5-12-17(4-2)20(18-13-8-6-9-14-18)19-15-10-7-11-16-19;2*1-2/h3-16H,1H2,2H3;2*1-2H3/q+1;;/b12-5-,17-4+;;. The maximum absolute atomic E-state index is 3.76. The van der Waals surface area contributed by atoms with Gasteiger partial charge in [0.15, 0.2) is 14.7 Å². The molecule has 0 radical (unpaired) electrons. The van der Waals surface area contributed by atoms with Crippen LogP contribution in [0, 0.1) is 0 Å². The molecule has 24 heavy (non-hydrogen) atoms. The summed E-state index contributed by atoms with van der Waals surface area (Å²) in [5.74, 6) is 0. The van der Waals surface area contributed by atoms with E-state index in [1.165, 1.54) is 14.7 Å². The molecule has 128 valence electrons. The molecule has 0 nitrogen and oxygen atoms in total. The van der Waals surface area contributed by atoms with E-state index >= 15 is 0 Å². The molecule has 0 saturated heterocycles. The van der Waals surface area contributed by atoms with E-state index in [4.69, 9.17) is 0 Å². The Kier molecular flexibility index (Phi) is 13.4. The molecule has 2 rings (SSSR count). The van der Waals surface area contributed by atoms with Gasteiger partial charge in [-0.25, -0.2) is 0 Å². The van der Waals surface area contributed by atoms with Gasteiger partial charge in [-0.05, 0) is 43.3 Å². The Morgan fingerprint density at radius 3 is 1.54 bits per heavy atom. The minimum absolute atomic E-state index is 0.0640. The minimum Gasteiger partial charge on any atom is -0.0991 e. The molecule has 0 amide bonds. The van der Waals surface area contributed by atoms with E-state index in [9.17, 15) is 0 Å². The lowest BCUT2D eigenvalue weighted by Crippen LogP contribution is -2.05. The van der Waals surface area contributed by atoms with Crippen molar-refractivity contribution >= 4 is 10.9 Å². The summed E-state index contributed by atoms with van der Waals surface area (Å²) in [7, 11) is -0.0640. The summed E-state index contributed by atoms with van der Waals surface area (Å²) in [6.45, 7) is 13.9. The van der Waals surface area contributed by atoms with E-state index in [1.807, 2.05) is 39.8 Å². The fourth-order valence-electron chi connectivity index (χ4n) is 1.97. The second kappa shape index (κ2) is 14.6. The van der Waals surface area contributed by atoms with Crippen LogP contribution in [0.5, 0.6) is 0 Å². The van der Waals surface area contributed by atoms with Gasteiger partial charge in [-0.15, -0.1) is 0 Å². The number of allylic oxidation sites excluding steroid dienone is 4. The number of hydrogen-bond donors (Lipinski definition) is 0. The van der Waals surface area contributed by atoms with Crippen LogP contribution in [0.25, 0.3) is 0 Å². The smallest absolute Gasteiger partial charge is 0.0991 e. The summed E-state index contributed by atoms with van der Waals surface area (Å²) in [5, 5.41) is 0. The summed E-state index contributed by atoms with van der Waals surface area (Å²) in [5.41, 5.74) is 0. The summed E-state index contributed by atoms with van der Waals surface area (Å²) in [4.78, 5) is 3.98. The fraction of sp³-hybridized carbons (Fsp3) is 0.217. The van der Waals surface area contributed by atoms with Crippen molar-refractivity contribution in [3.63, 3.8) is 0 Å². The van der Waals surface area contributed by atoms with Crippen molar-refractivity contribution in [3.05, 3.63) is 96.5 Å². The molecular weight excluding hydrogens is 308 g/mol. The van der Waals surface area contributed by atoms with Crippen LogP contribution in [0.4, 0.5) is 0 Å². The van der Waals surface area contributed by atoms with Crippen molar-refractivity contribution in [1.82, 2.24) is 0 Å². The lowest BCUT2D eigenvalue weighted by atomic mass is 10.4. The molecule has 0 atom stereocenters. The van der Waals surface area contributed by atoms with Crippen molar-refractivity contribution in [2.45, 2.75) is 44.4 Å². The van der Waals surface area contributed by atoms with Crippen LogP contribution >= 0.6 is 0 Å². The molecule has 0 unspecified atom stereocenters. The zero-order valence-corrected chi connectivity index (χ0v) is 16.5. The summed E-state index contributed by atoms with van der Waals surface area (Å²) in [6.07, 6.45) is 8.15. The van der Waals surface area contributed by atoms with E-state index in [0.29, 0.717) is 0 Å². The van der Waals surface area contributed by atoms with Gasteiger partial charge < -0.3 is 0 Å². The average molecular weight is 340 g/mol. The molecule has 0 aliphatic rings. The van der Waals surface area contributed by atoms with Crippen LogP contribution in [0.15, 0.2) is 106 Å². The SMILES string of the molecule is C=C/C=C\C(=C/C)[S+](c1ccccc1)c1ccccc1.CC.CC. The molecule has 0 aliphatic heterocycles. The zero-order chi connectivity index (χ0) is 18.2. The van der Waals surface area contributed by atoms with E-state index < -0.39 is 0 Å². The number of benzene rings is 2. The van der Waals surface area contributed by atoms with Crippen molar-refractivity contribution in [2.75, 3.05) is 0 Å². The van der Waals surface area contributed by atoms with Gasteiger partial charge in [-0.1, -0.05) is 82.8 Å². The highest BCUT2D eigenvalue weighted by atomic mass is 32.2. The maximum atomic E-state index is 3.76. The second-order valence-electron chi connectivity index (χ2n) is 4.22. The lowest BCUT2D eigenvalue weighted by molar-refractivity contribution is 1.38. The highest BCUT2D eigenvalue weighted by Crippen LogP contribution is 2.30. The van der Waals surface area contributed by atoms with Crippen LogP contribution < -0.4 is 0 Å². The van der Waals surface area contributed by atoms with Gasteiger partial charge >= 0.3 is 0 Å². The van der Waals surface area contributed by atoms with Crippen LogP contribution in [0.2, 0.25) is 0 Å². The predicted molar refractivity (Wildman–Crippen MR) is 113 cm³/mol. The highest BCUT2D eigenvalue weighted by molar-refractivity contribution is 8.00. The van der Waals surface area contributed by atoms with Crippen LogP contribution in [-0.4, -0.2) is 0 Å². The van der Waals surface area contributed by atoms with Crippen molar-refractivity contribution in [3.8, 4) is 0 Å². The van der Waals surface area contributed by atoms with Crippen LogP contribution in [-0.2, 0) is 10.9 Å². The molecule has 0 bridgehead atoms. The summed E-state index contributed by atoms with van der Waals surface area (Å²) in [6, 6.07) is 21.3. The monoisotopic (exact) mass is 339 g/mol. The Morgan fingerprint density at radius 1 is 0.792 bits per heavy atom. The Bertz CT molecular complexity index is 555. The second-order valence-corrected chi connectivity index (χ2v) is 6.24. The Hall–Kier alpha value is -1.99. The summed E-state index contributed by atoms with van der Waals surface area (Å²) < 4.78 is 0. The molecule has 1 heteroatoms. The van der Waals surface area contributed by atoms with Gasteiger partial charge in [-0.2, -0.15) is 0 Å². The van der Waals surface area contributed by atoms with E-state index in [1.54, 1.807) is 0 Å². The first-order chi connectivity index (χ1) is 11.9. The summed E-state index contributed by atoms with van der Waals surface area (Å²) >= 11 is 0. The van der Waals surface area contributed by atoms with Gasteiger partial charge in [0.2, 0.25) is 0 Å². The Balaban J connectivity index is 0.00000123. The minimum atomic E-state index is -0.0640. The molecule has 0 N–H and O–H groups in total. The first kappa shape index (κ1) is 22.0. The molecule has 0 spiro atoms. The topological polar surface area (TPSA) is 0 Å². The van der Waals surface area contributed by atoms with Crippen LogP contribution in [0.3, 0.4) is 0 Å². The Labute approximate surface area is 152 Å². The number of rotatable bonds is 5.